The average molecular weight is 354 g/mol. The lowest BCUT2D eigenvalue weighted by Gasteiger charge is -2.08. The Morgan fingerprint density at radius 2 is 2.16 bits per heavy atom. The molecule has 3 aromatic heterocycles. The van der Waals surface area contributed by atoms with E-state index in [0.717, 1.165) is 5.52 Å². The van der Waals surface area contributed by atoms with Gasteiger partial charge in [-0.1, -0.05) is 11.6 Å². The normalized spacial score (nSPS) is 11.0. The number of halogens is 1. The first kappa shape index (κ1) is 15.3. The monoisotopic (exact) mass is 353 g/mol. The molecule has 124 valence electrons. The van der Waals surface area contributed by atoms with Crippen LogP contribution in [0.4, 0.5) is 5.95 Å². The van der Waals surface area contributed by atoms with Crippen LogP contribution in [0.2, 0.25) is 5.02 Å². The number of carbonyl (C=O) groups excluding carboxylic acids is 1. The van der Waals surface area contributed by atoms with E-state index in [0.29, 0.717) is 27.9 Å². The predicted molar refractivity (Wildman–Crippen MR) is 92.8 cm³/mol. The summed E-state index contributed by atoms with van der Waals surface area (Å²) in [6.45, 7) is 0. The van der Waals surface area contributed by atoms with E-state index in [4.69, 9.17) is 11.6 Å². The summed E-state index contributed by atoms with van der Waals surface area (Å²) < 4.78 is 3.22. The van der Waals surface area contributed by atoms with E-state index in [9.17, 15) is 4.79 Å². The van der Waals surface area contributed by atoms with Crippen LogP contribution in [0.15, 0.2) is 49.2 Å². The number of amides is 1. The van der Waals surface area contributed by atoms with Gasteiger partial charge in [-0.15, -0.1) is 0 Å². The molecule has 8 nitrogen and oxygen atoms in total. The first-order valence-corrected chi connectivity index (χ1v) is 7.74. The van der Waals surface area contributed by atoms with Gasteiger partial charge in [-0.2, -0.15) is 5.10 Å². The quantitative estimate of drug-likeness (QED) is 0.611. The Balaban J connectivity index is 1.71. The number of carbonyl (C=O) groups is 1. The number of aromatic nitrogens is 6. The first-order chi connectivity index (χ1) is 12.1. The molecule has 0 saturated carbocycles. The zero-order valence-corrected chi connectivity index (χ0v) is 13.8. The van der Waals surface area contributed by atoms with Crippen LogP contribution in [0.3, 0.4) is 0 Å². The summed E-state index contributed by atoms with van der Waals surface area (Å²) in [4.78, 5) is 25.3. The van der Waals surface area contributed by atoms with Gasteiger partial charge >= 0.3 is 0 Å². The Labute approximate surface area is 147 Å². The second-order valence-electron chi connectivity index (χ2n) is 5.30. The summed E-state index contributed by atoms with van der Waals surface area (Å²) >= 11 is 6.00. The van der Waals surface area contributed by atoms with Gasteiger partial charge in [-0.25, -0.2) is 19.6 Å². The Kier molecular flexibility index (Phi) is 3.66. The largest absolute Gasteiger partial charge is 0.313 e. The molecular weight excluding hydrogens is 342 g/mol. The Hall–Kier alpha value is -3.26. The first-order valence-electron chi connectivity index (χ1n) is 7.37. The molecule has 0 spiro atoms. The molecule has 25 heavy (non-hydrogen) atoms. The number of nitrogens with one attached hydrogen (secondary N) is 1. The van der Waals surface area contributed by atoms with Crippen LogP contribution in [0.1, 0.15) is 10.4 Å². The number of rotatable bonds is 3. The van der Waals surface area contributed by atoms with Crippen molar-refractivity contribution in [1.29, 1.82) is 0 Å². The number of hydrogen-bond acceptors (Lipinski definition) is 5. The van der Waals surface area contributed by atoms with Crippen molar-refractivity contribution in [2.24, 2.45) is 7.05 Å². The third kappa shape index (κ3) is 2.72. The van der Waals surface area contributed by atoms with Gasteiger partial charge in [0.25, 0.3) is 5.91 Å². The third-order valence-electron chi connectivity index (χ3n) is 3.74. The molecule has 4 aromatic rings. The lowest BCUT2D eigenvalue weighted by atomic mass is 10.2. The van der Waals surface area contributed by atoms with Crippen LogP contribution < -0.4 is 5.32 Å². The maximum Gasteiger partial charge on any atom is 0.261 e. The summed E-state index contributed by atoms with van der Waals surface area (Å²) in [5, 5.41) is 7.42. The molecule has 1 aromatic carbocycles. The molecule has 9 heteroatoms. The van der Waals surface area contributed by atoms with Gasteiger partial charge in [-0.3, -0.25) is 10.1 Å². The van der Waals surface area contributed by atoms with Crippen molar-refractivity contribution in [3.05, 3.63) is 59.8 Å². The topological polar surface area (TPSA) is 90.5 Å². The van der Waals surface area contributed by atoms with Gasteiger partial charge in [0.05, 0.1) is 16.6 Å². The standard InChI is InChI=1S/C16H12ClN7O/c1-23-13-5-4-10(17)7-12(13)21-16(23)22-15(25)11-3-2-6-19-14(11)24-9-18-8-20-24/h2-9H,1H3,(H,21,22,25). The summed E-state index contributed by atoms with van der Waals surface area (Å²) in [5.41, 5.74) is 1.92. The van der Waals surface area contributed by atoms with E-state index in [1.807, 2.05) is 13.1 Å². The minimum absolute atomic E-state index is 0.344. The highest BCUT2D eigenvalue weighted by atomic mass is 35.5. The summed E-state index contributed by atoms with van der Waals surface area (Å²) in [5.74, 6) is 0.457. The van der Waals surface area contributed by atoms with Gasteiger partial charge in [0, 0.05) is 18.3 Å². The highest BCUT2D eigenvalue weighted by Gasteiger charge is 2.17. The van der Waals surface area contributed by atoms with Crippen molar-refractivity contribution in [2.75, 3.05) is 5.32 Å². The lowest BCUT2D eigenvalue weighted by molar-refractivity contribution is 0.102. The van der Waals surface area contributed by atoms with Gasteiger partial charge in [0.2, 0.25) is 5.95 Å². The van der Waals surface area contributed by atoms with Crippen LogP contribution in [0.25, 0.3) is 16.9 Å². The van der Waals surface area contributed by atoms with Crippen LogP contribution in [-0.2, 0) is 7.05 Å². The van der Waals surface area contributed by atoms with Crippen molar-refractivity contribution in [1.82, 2.24) is 29.3 Å². The molecule has 1 amide bonds. The molecule has 0 atom stereocenters. The van der Waals surface area contributed by atoms with Crippen molar-refractivity contribution in [3.8, 4) is 5.82 Å². The summed E-state index contributed by atoms with van der Waals surface area (Å²) in [6, 6.07) is 8.73. The van der Waals surface area contributed by atoms with Crippen molar-refractivity contribution in [2.45, 2.75) is 0 Å². The molecule has 0 bridgehead atoms. The molecule has 0 aliphatic rings. The second-order valence-corrected chi connectivity index (χ2v) is 5.73. The highest BCUT2D eigenvalue weighted by Crippen LogP contribution is 2.22. The Morgan fingerprint density at radius 3 is 2.96 bits per heavy atom. The van der Waals surface area contributed by atoms with Crippen molar-refractivity contribution >= 4 is 34.5 Å². The summed E-state index contributed by atoms with van der Waals surface area (Å²) in [7, 11) is 1.82. The highest BCUT2D eigenvalue weighted by molar-refractivity contribution is 6.31. The molecule has 3 heterocycles. The van der Waals surface area contributed by atoms with Crippen molar-refractivity contribution < 1.29 is 4.79 Å². The second kappa shape index (κ2) is 5.99. The molecule has 0 radical (unpaired) electrons. The Morgan fingerprint density at radius 1 is 1.28 bits per heavy atom. The number of benzene rings is 1. The maximum atomic E-state index is 12.7. The van der Waals surface area contributed by atoms with Crippen LogP contribution in [-0.4, -0.2) is 35.2 Å². The molecule has 0 aliphatic heterocycles. The summed E-state index contributed by atoms with van der Waals surface area (Å²) in [6.07, 6.45) is 4.45. The fourth-order valence-electron chi connectivity index (χ4n) is 2.53. The smallest absolute Gasteiger partial charge is 0.261 e. The fraction of sp³-hybridized carbons (Fsp3) is 0.0625. The SMILES string of the molecule is Cn1c(NC(=O)c2cccnc2-n2cncn2)nc2cc(Cl)ccc21. The van der Waals surface area contributed by atoms with E-state index in [2.05, 4.69) is 25.4 Å². The fourth-order valence-corrected chi connectivity index (χ4v) is 2.69. The molecule has 0 fully saturated rings. The number of nitrogens with zero attached hydrogens (tertiary/aromatic N) is 6. The van der Waals surface area contributed by atoms with Gasteiger partial charge < -0.3 is 4.57 Å². The zero-order valence-electron chi connectivity index (χ0n) is 13.1. The molecule has 0 aliphatic carbocycles. The Bertz CT molecular complexity index is 1070. The number of aryl methyl sites for hydroxylation is 1. The van der Waals surface area contributed by atoms with Crippen LogP contribution >= 0.6 is 11.6 Å². The van der Waals surface area contributed by atoms with Crippen molar-refractivity contribution in [3.63, 3.8) is 0 Å². The molecular formula is C16H12ClN7O. The third-order valence-corrected chi connectivity index (χ3v) is 3.97. The van der Waals surface area contributed by atoms with E-state index in [-0.39, 0.29) is 5.91 Å². The number of hydrogen-bond donors (Lipinski definition) is 1. The molecule has 0 saturated heterocycles. The molecule has 1 N–H and O–H groups in total. The lowest BCUT2D eigenvalue weighted by Crippen LogP contribution is -2.18. The molecule has 0 unspecified atom stereocenters. The van der Waals surface area contributed by atoms with Crippen LogP contribution in [0.5, 0.6) is 0 Å². The van der Waals surface area contributed by atoms with E-state index >= 15 is 0 Å². The van der Waals surface area contributed by atoms with E-state index in [1.165, 1.54) is 17.3 Å². The zero-order chi connectivity index (χ0) is 17.4. The van der Waals surface area contributed by atoms with Gasteiger partial charge in [0.15, 0.2) is 5.82 Å². The maximum absolute atomic E-state index is 12.7. The number of imidazole rings is 1. The number of anilines is 1. The number of fused-ring (bicyclic) bond motifs is 1. The average Bonchev–Trinajstić information content (AvgIpc) is 3.24. The van der Waals surface area contributed by atoms with E-state index in [1.54, 1.807) is 35.0 Å². The van der Waals surface area contributed by atoms with Crippen LogP contribution in [0, 0.1) is 0 Å². The minimum Gasteiger partial charge on any atom is -0.313 e. The molecule has 4 rings (SSSR count). The predicted octanol–water partition coefficient (Wildman–Crippen LogP) is 2.45. The van der Waals surface area contributed by atoms with E-state index < -0.39 is 0 Å². The number of pyridine rings is 1. The van der Waals surface area contributed by atoms with Gasteiger partial charge in [0.1, 0.15) is 12.7 Å². The minimum atomic E-state index is -0.344. The van der Waals surface area contributed by atoms with Gasteiger partial charge in [-0.05, 0) is 30.3 Å².